The Hall–Kier alpha value is -1.59. The number of carboxylic acids is 1. The van der Waals surface area contributed by atoms with Gasteiger partial charge in [0.05, 0.1) is 0 Å². The summed E-state index contributed by atoms with van der Waals surface area (Å²) < 4.78 is 0. The van der Waals surface area contributed by atoms with E-state index < -0.39 is 12.0 Å². The summed E-state index contributed by atoms with van der Waals surface area (Å²) in [4.78, 5) is 10.8. The lowest BCUT2D eigenvalue weighted by atomic mass is 9.94. The van der Waals surface area contributed by atoms with Crippen LogP contribution in [-0.2, 0) is 4.79 Å². The van der Waals surface area contributed by atoms with E-state index in [0.717, 1.165) is 11.3 Å². The van der Waals surface area contributed by atoms with Crippen molar-refractivity contribution in [1.82, 2.24) is 5.48 Å². The highest BCUT2D eigenvalue weighted by Crippen LogP contribution is 2.33. The van der Waals surface area contributed by atoms with Crippen LogP contribution in [0.25, 0.3) is 0 Å². The fourth-order valence-electron chi connectivity index (χ4n) is 2.06. The summed E-state index contributed by atoms with van der Waals surface area (Å²) in [5.74, 6) is -0.913. The standard InChI is InChI=1S/C11H14N2O3/c14-11(15)10(13-16)5-7-6-12-9-4-2-1-3-8(7)9/h1-4,7,10,12-13,16H,5-6H2,(H,14,15). The van der Waals surface area contributed by atoms with Crippen LogP contribution in [0.1, 0.15) is 17.9 Å². The normalized spacial score (nSPS) is 19.9. The van der Waals surface area contributed by atoms with E-state index in [1.165, 1.54) is 0 Å². The zero-order valence-electron chi connectivity index (χ0n) is 8.68. The molecule has 0 saturated heterocycles. The van der Waals surface area contributed by atoms with E-state index in [0.29, 0.717) is 13.0 Å². The number of rotatable bonds is 4. The minimum Gasteiger partial charge on any atom is -0.480 e. The smallest absolute Gasteiger partial charge is 0.323 e. The van der Waals surface area contributed by atoms with Crippen molar-refractivity contribution in [3.63, 3.8) is 0 Å². The molecule has 5 nitrogen and oxygen atoms in total. The Morgan fingerprint density at radius 1 is 1.56 bits per heavy atom. The molecule has 0 fully saturated rings. The first kappa shape index (κ1) is 10.9. The molecule has 1 aliphatic rings. The van der Waals surface area contributed by atoms with Gasteiger partial charge in [0.15, 0.2) is 0 Å². The fourth-order valence-corrected chi connectivity index (χ4v) is 2.06. The molecule has 0 spiro atoms. The molecular formula is C11H14N2O3. The Kier molecular flexibility index (Phi) is 3.07. The third kappa shape index (κ3) is 2.00. The van der Waals surface area contributed by atoms with Gasteiger partial charge in [-0.3, -0.25) is 4.79 Å². The predicted molar refractivity (Wildman–Crippen MR) is 58.6 cm³/mol. The van der Waals surface area contributed by atoms with Crippen molar-refractivity contribution in [1.29, 1.82) is 0 Å². The number of hydroxylamine groups is 1. The molecule has 1 aromatic rings. The number of nitrogens with one attached hydrogen (secondary N) is 2. The number of hydrogen-bond acceptors (Lipinski definition) is 4. The SMILES string of the molecule is O=C(O)C(CC1CNc2ccccc21)NO. The first-order valence-corrected chi connectivity index (χ1v) is 5.17. The van der Waals surface area contributed by atoms with E-state index in [4.69, 9.17) is 10.3 Å². The molecule has 0 amide bonds. The molecule has 4 N–H and O–H groups in total. The van der Waals surface area contributed by atoms with E-state index in [9.17, 15) is 4.79 Å². The molecule has 2 rings (SSSR count). The second-order valence-electron chi connectivity index (χ2n) is 3.92. The van der Waals surface area contributed by atoms with Crippen LogP contribution in [-0.4, -0.2) is 28.9 Å². The van der Waals surface area contributed by atoms with Gasteiger partial charge in [-0.1, -0.05) is 18.2 Å². The van der Waals surface area contributed by atoms with Gasteiger partial charge in [0.25, 0.3) is 0 Å². The average Bonchev–Trinajstić information content (AvgIpc) is 2.69. The number of para-hydroxylation sites is 1. The van der Waals surface area contributed by atoms with Crippen molar-refractivity contribution in [2.75, 3.05) is 11.9 Å². The third-order valence-electron chi connectivity index (χ3n) is 2.91. The van der Waals surface area contributed by atoms with Gasteiger partial charge in [-0.05, 0) is 18.1 Å². The Morgan fingerprint density at radius 3 is 3.00 bits per heavy atom. The Labute approximate surface area is 93.1 Å². The lowest BCUT2D eigenvalue weighted by Gasteiger charge is -2.15. The number of benzene rings is 1. The minimum absolute atomic E-state index is 0.122. The monoisotopic (exact) mass is 222 g/mol. The Bertz CT molecular complexity index is 395. The quantitative estimate of drug-likeness (QED) is 0.572. The molecule has 5 heteroatoms. The van der Waals surface area contributed by atoms with Gasteiger partial charge < -0.3 is 15.6 Å². The van der Waals surface area contributed by atoms with E-state index in [2.05, 4.69) is 5.32 Å². The molecule has 0 aromatic heterocycles. The lowest BCUT2D eigenvalue weighted by Crippen LogP contribution is -2.36. The predicted octanol–water partition coefficient (Wildman–Crippen LogP) is 1.02. The van der Waals surface area contributed by atoms with Crippen molar-refractivity contribution in [3.8, 4) is 0 Å². The van der Waals surface area contributed by atoms with Crippen LogP contribution in [0.4, 0.5) is 5.69 Å². The van der Waals surface area contributed by atoms with E-state index in [1.54, 1.807) is 0 Å². The fraction of sp³-hybridized carbons (Fsp3) is 0.364. The lowest BCUT2D eigenvalue weighted by molar-refractivity contribution is -0.142. The van der Waals surface area contributed by atoms with E-state index >= 15 is 0 Å². The van der Waals surface area contributed by atoms with Crippen molar-refractivity contribution in [2.24, 2.45) is 0 Å². The minimum atomic E-state index is -1.04. The Morgan fingerprint density at radius 2 is 2.31 bits per heavy atom. The van der Waals surface area contributed by atoms with Crippen LogP contribution in [0.3, 0.4) is 0 Å². The van der Waals surface area contributed by atoms with Crippen LogP contribution in [0.15, 0.2) is 24.3 Å². The summed E-state index contributed by atoms with van der Waals surface area (Å²) >= 11 is 0. The van der Waals surface area contributed by atoms with Crippen molar-refractivity contribution in [3.05, 3.63) is 29.8 Å². The van der Waals surface area contributed by atoms with Crippen molar-refractivity contribution in [2.45, 2.75) is 18.4 Å². The second-order valence-corrected chi connectivity index (χ2v) is 3.92. The van der Waals surface area contributed by atoms with Gasteiger partial charge >= 0.3 is 5.97 Å². The molecule has 1 heterocycles. The first-order valence-electron chi connectivity index (χ1n) is 5.17. The highest BCUT2D eigenvalue weighted by molar-refractivity contribution is 5.73. The third-order valence-corrected chi connectivity index (χ3v) is 2.91. The summed E-state index contributed by atoms with van der Waals surface area (Å²) in [5.41, 5.74) is 4.00. The van der Waals surface area contributed by atoms with Crippen molar-refractivity contribution < 1.29 is 15.1 Å². The van der Waals surface area contributed by atoms with Crippen LogP contribution in [0.2, 0.25) is 0 Å². The molecule has 0 saturated carbocycles. The molecule has 0 aliphatic carbocycles. The van der Waals surface area contributed by atoms with E-state index in [-0.39, 0.29) is 5.92 Å². The molecule has 16 heavy (non-hydrogen) atoms. The van der Waals surface area contributed by atoms with Gasteiger partial charge in [0.2, 0.25) is 0 Å². The highest BCUT2D eigenvalue weighted by atomic mass is 16.5. The number of anilines is 1. The zero-order chi connectivity index (χ0) is 11.5. The van der Waals surface area contributed by atoms with Crippen LogP contribution in [0, 0.1) is 0 Å². The van der Waals surface area contributed by atoms with Gasteiger partial charge in [-0.25, -0.2) is 0 Å². The second kappa shape index (κ2) is 4.51. The molecule has 0 radical (unpaired) electrons. The topological polar surface area (TPSA) is 81.6 Å². The van der Waals surface area contributed by atoms with Crippen molar-refractivity contribution >= 4 is 11.7 Å². The number of carbonyl (C=O) groups is 1. The molecular weight excluding hydrogens is 208 g/mol. The van der Waals surface area contributed by atoms with Crippen LogP contribution < -0.4 is 10.8 Å². The van der Waals surface area contributed by atoms with Crippen LogP contribution in [0.5, 0.6) is 0 Å². The van der Waals surface area contributed by atoms with Gasteiger partial charge in [-0.2, -0.15) is 5.48 Å². The molecule has 86 valence electrons. The maximum atomic E-state index is 10.8. The number of aliphatic carboxylic acids is 1. The molecule has 2 atom stereocenters. The molecule has 1 aliphatic heterocycles. The summed E-state index contributed by atoms with van der Waals surface area (Å²) in [6.07, 6.45) is 0.371. The van der Waals surface area contributed by atoms with Gasteiger partial charge in [-0.15, -0.1) is 0 Å². The summed E-state index contributed by atoms with van der Waals surface area (Å²) in [5, 5.41) is 20.8. The van der Waals surface area contributed by atoms with E-state index in [1.807, 2.05) is 29.7 Å². The largest absolute Gasteiger partial charge is 0.480 e. The zero-order valence-corrected chi connectivity index (χ0v) is 8.68. The number of carboxylic acid groups (broad SMARTS) is 1. The summed E-state index contributed by atoms with van der Waals surface area (Å²) in [6.45, 7) is 0.713. The summed E-state index contributed by atoms with van der Waals surface area (Å²) in [6, 6.07) is 6.90. The maximum absolute atomic E-state index is 10.8. The maximum Gasteiger partial charge on any atom is 0.323 e. The molecule has 0 bridgehead atoms. The number of hydrogen-bond donors (Lipinski definition) is 4. The van der Waals surface area contributed by atoms with Gasteiger partial charge in [0.1, 0.15) is 6.04 Å². The Balaban J connectivity index is 2.11. The number of fused-ring (bicyclic) bond motifs is 1. The highest BCUT2D eigenvalue weighted by Gasteiger charge is 2.27. The molecule has 1 aromatic carbocycles. The average molecular weight is 222 g/mol. The summed E-state index contributed by atoms with van der Waals surface area (Å²) in [7, 11) is 0. The van der Waals surface area contributed by atoms with Crippen LogP contribution >= 0.6 is 0 Å². The molecule has 2 unspecified atom stereocenters. The first-order chi connectivity index (χ1) is 7.72. The van der Waals surface area contributed by atoms with Gasteiger partial charge in [0, 0.05) is 18.2 Å².